The third kappa shape index (κ3) is 3.87. The molecule has 0 saturated carbocycles. The molecular formula is C12H18N6S. The second-order valence-corrected chi connectivity index (χ2v) is 5.05. The lowest BCUT2D eigenvalue weighted by molar-refractivity contribution is 0.920. The standard InChI is InChI=1S/C12H18N6S/c1-3-9-16-10(6-11(17-9)18-13)14-5-4-12-15-8(2)7-19-12/h6-7H,3-5,13H2,1-2H3,(H2,14,16,17,18). The number of hydrogen-bond acceptors (Lipinski definition) is 7. The fourth-order valence-electron chi connectivity index (χ4n) is 1.63. The first-order valence-corrected chi connectivity index (χ1v) is 7.08. The minimum absolute atomic E-state index is 0.624. The van der Waals surface area contributed by atoms with Crippen LogP contribution in [0.2, 0.25) is 0 Å². The predicted molar refractivity (Wildman–Crippen MR) is 78.3 cm³/mol. The molecule has 0 aliphatic heterocycles. The summed E-state index contributed by atoms with van der Waals surface area (Å²) in [5.41, 5.74) is 3.63. The van der Waals surface area contributed by atoms with Gasteiger partial charge in [-0.05, 0) is 6.92 Å². The van der Waals surface area contributed by atoms with Gasteiger partial charge in [0.2, 0.25) is 0 Å². The van der Waals surface area contributed by atoms with E-state index >= 15 is 0 Å². The largest absolute Gasteiger partial charge is 0.369 e. The summed E-state index contributed by atoms with van der Waals surface area (Å²) in [5.74, 6) is 7.56. The Morgan fingerprint density at radius 3 is 2.68 bits per heavy atom. The summed E-state index contributed by atoms with van der Waals surface area (Å²) < 4.78 is 0. The van der Waals surface area contributed by atoms with E-state index in [9.17, 15) is 0 Å². The van der Waals surface area contributed by atoms with Crippen molar-refractivity contribution in [2.24, 2.45) is 5.84 Å². The van der Waals surface area contributed by atoms with E-state index in [4.69, 9.17) is 5.84 Å². The van der Waals surface area contributed by atoms with Crippen LogP contribution in [0.25, 0.3) is 0 Å². The Morgan fingerprint density at radius 2 is 2.05 bits per heavy atom. The quantitative estimate of drug-likeness (QED) is 0.551. The summed E-state index contributed by atoms with van der Waals surface area (Å²) in [7, 11) is 0. The normalized spacial score (nSPS) is 10.5. The number of anilines is 2. The molecule has 0 aliphatic carbocycles. The van der Waals surface area contributed by atoms with E-state index in [0.717, 1.165) is 41.7 Å². The number of hydrazine groups is 1. The predicted octanol–water partition coefficient (Wildman–Crippen LogP) is 1.74. The fourth-order valence-corrected chi connectivity index (χ4v) is 2.41. The number of aromatic nitrogens is 3. The molecule has 0 atom stereocenters. The molecule has 2 aromatic rings. The van der Waals surface area contributed by atoms with Crippen molar-refractivity contribution in [3.05, 3.63) is 28.0 Å². The molecule has 2 aromatic heterocycles. The number of nitrogens with one attached hydrogen (secondary N) is 2. The number of hydrogen-bond donors (Lipinski definition) is 3. The molecule has 0 unspecified atom stereocenters. The molecule has 19 heavy (non-hydrogen) atoms. The number of nitrogen functional groups attached to an aromatic ring is 1. The molecule has 2 heterocycles. The van der Waals surface area contributed by atoms with Crippen LogP contribution < -0.4 is 16.6 Å². The van der Waals surface area contributed by atoms with Crippen LogP contribution in [0.1, 0.15) is 23.4 Å². The summed E-state index contributed by atoms with van der Waals surface area (Å²) in [6, 6.07) is 1.80. The summed E-state index contributed by atoms with van der Waals surface area (Å²) in [4.78, 5) is 13.1. The van der Waals surface area contributed by atoms with Crippen LogP contribution in [-0.4, -0.2) is 21.5 Å². The molecule has 102 valence electrons. The smallest absolute Gasteiger partial charge is 0.145 e. The van der Waals surface area contributed by atoms with Gasteiger partial charge in [0.05, 0.1) is 5.01 Å². The van der Waals surface area contributed by atoms with E-state index in [1.165, 1.54) is 0 Å². The van der Waals surface area contributed by atoms with E-state index in [-0.39, 0.29) is 0 Å². The van der Waals surface area contributed by atoms with E-state index < -0.39 is 0 Å². The van der Waals surface area contributed by atoms with Crippen molar-refractivity contribution in [2.75, 3.05) is 17.3 Å². The van der Waals surface area contributed by atoms with Crippen molar-refractivity contribution >= 4 is 23.0 Å². The van der Waals surface area contributed by atoms with Crippen molar-refractivity contribution in [3.8, 4) is 0 Å². The van der Waals surface area contributed by atoms with Gasteiger partial charge in [0.1, 0.15) is 17.5 Å². The van der Waals surface area contributed by atoms with Crippen LogP contribution >= 0.6 is 11.3 Å². The van der Waals surface area contributed by atoms with Crippen molar-refractivity contribution in [1.29, 1.82) is 0 Å². The van der Waals surface area contributed by atoms with Crippen LogP contribution in [0.4, 0.5) is 11.6 Å². The monoisotopic (exact) mass is 278 g/mol. The van der Waals surface area contributed by atoms with Crippen molar-refractivity contribution in [3.63, 3.8) is 0 Å². The van der Waals surface area contributed by atoms with E-state index in [2.05, 4.69) is 31.1 Å². The number of thiazole rings is 1. The first-order valence-electron chi connectivity index (χ1n) is 6.20. The second kappa shape index (κ2) is 6.44. The summed E-state index contributed by atoms with van der Waals surface area (Å²) in [5, 5.41) is 6.46. The Kier molecular flexibility index (Phi) is 4.64. The van der Waals surface area contributed by atoms with Gasteiger partial charge in [0.25, 0.3) is 0 Å². The minimum atomic E-state index is 0.624. The zero-order valence-electron chi connectivity index (χ0n) is 11.1. The molecular weight excluding hydrogens is 260 g/mol. The topological polar surface area (TPSA) is 88.8 Å². The summed E-state index contributed by atoms with van der Waals surface area (Å²) in [6.45, 7) is 4.81. The number of nitrogens with two attached hydrogens (primary N) is 1. The molecule has 0 aromatic carbocycles. The van der Waals surface area contributed by atoms with Gasteiger partial charge in [0.15, 0.2) is 0 Å². The van der Waals surface area contributed by atoms with Gasteiger partial charge in [0, 0.05) is 36.5 Å². The lowest BCUT2D eigenvalue weighted by Crippen LogP contribution is -2.13. The third-order valence-electron chi connectivity index (χ3n) is 2.55. The SMILES string of the molecule is CCc1nc(NN)cc(NCCc2nc(C)cs2)n1. The maximum atomic E-state index is 5.39. The van der Waals surface area contributed by atoms with Gasteiger partial charge in [-0.3, -0.25) is 0 Å². The van der Waals surface area contributed by atoms with Gasteiger partial charge in [-0.1, -0.05) is 6.92 Å². The van der Waals surface area contributed by atoms with Crippen molar-refractivity contribution in [2.45, 2.75) is 26.7 Å². The van der Waals surface area contributed by atoms with E-state index in [1.54, 1.807) is 17.4 Å². The van der Waals surface area contributed by atoms with Gasteiger partial charge in [-0.2, -0.15) is 0 Å². The third-order valence-corrected chi connectivity index (χ3v) is 3.57. The first-order chi connectivity index (χ1) is 9.21. The van der Waals surface area contributed by atoms with Crippen LogP contribution in [0.3, 0.4) is 0 Å². The zero-order valence-corrected chi connectivity index (χ0v) is 11.9. The second-order valence-electron chi connectivity index (χ2n) is 4.11. The average Bonchev–Trinajstić information content (AvgIpc) is 2.84. The molecule has 0 bridgehead atoms. The molecule has 0 spiro atoms. The fraction of sp³-hybridized carbons (Fsp3) is 0.417. The molecule has 0 aliphatic rings. The summed E-state index contributed by atoms with van der Waals surface area (Å²) >= 11 is 1.68. The highest BCUT2D eigenvalue weighted by Gasteiger charge is 2.03. The highest BCUT2D eigenvalue weighted by atomic mass is 32.1. The molecule has 6 nitrogen and oxygen atoms in total. The van der Waals surface area contributed by atoms with Gasteiger partial charge >= 0.3 is 0 Å². The van der Waals surface area contributed by atoms with Crippen molar-refractivity contribution < 1.29 is 0 Å². The molecule has 4 N–H and O–H groups in total. The van der Waals surface area contributed by atoms with Gasteiger partial charge in [-0.25, -0.2) is 20.8 Å². The lowest BCUT2D eigenvalue weighted by atomic mass is 10.4. The Morgan fingerprint density at radius 1 is 1.26 bits per heavy atom. The first kappa shape index (κ1) is 13.7. The molecule has 0 radical (unpaired) electrons. The molecule has 2 rings (SSSR count). The maximum absolute atomic E-state index is 5.39. The molecule has 0 fully saturated rings. The average molecular weight is 278 g/mol. The maximum Gasteiger partial charge on any atom is 0.145 e. The van der Waals surface area contributed by atoms with E-state index in [0.29, 0.717) is 5.82 Å². The lowest BCUT2D eigenvalue weighted by Gasteiger charge is -2.08. The van der Waals surface area contributed by atoms with Gasteiger partial charge < -0.3 is 10.7 Å². The Labute approximate surface area is 116 Å². The Balaban J connectivity index is 1.95. The number of rotatable bonds is 6. The highest BCUT2D eigenvalue weighted by Crippen LogP contribution is 2.12. The Bertz CT molecular complexity index is 517. The van der Waals surface area contributed by atoms with Crippen molar-refractivity contribution in [1.82, 2.24) is 15.0 Å². The molecule has 7 heteroatoms. The zero-order chi connectivity index (χ0) is 13.7. The number of nitrogens with zero attached hydrogens (tertiary/aromatic N) is 3. The molecule has 0 saturated heterocycles. The van der Waals surface area contributed by atoms with Crippen LogP contribution in [-0.2, 0) is 12.8 Å². The minimum Gasteiger partial charge on any atom is -0.369 e. The van der Waals surface area contributed by atoms with Gasteiger partial charge in [-0.15, -0.1) is 11.3 Å². The van der Waals surface area contributed by atoms with Crippen LogP contribution in [0.15, 0.2) is 11.4 Å². The Hall–Kier alpha value is -1.73. The highest BCUT2D eigenvalue weighted by molar-refractivity contribution is 7.09. The van der Waals surface area contributed by atoms with E-state index in [1.807, 2.05) is 13.8 Å². The van der Waals surface area contributed by atoms with Crippen LogP contribution in [0.5, 0.6) is 0 Å². The molecule has 0 amide bonds. The number of aryl methyl sites for hydroxylation is 2. The summed E-state index contributed by atoms with van der Waals surface area (Å²) in [6.07, 6.45) is 1.66. The van der Waals surface area contributed by atoms with Crippen LogP contribution in [0, 0.1) is 6.92 Å².